The molecule has 2 aromatic carbocycles. The van der Waals surface area contributed by atoms with Gasteiger partial charge in [-0.2, -0.15) is 0 Å². The summed E-state index contributed by atoms with van der Waals surface area (Å²) >= 11 is 0. The molecule has 4 rings (SSSR count). The van der Waals surface area contributed by atoms with Crippen molar-refractivity contribution in [3.05, 3.63) is 47.5 Å². The van der Waals surface area contributed by atoms with Crippen LogP contribution >= 0.6 is 0 Å². The molecular weight excluding hydrogens is 310 g/mol. The molecule has 0 unspecified atom stereocenters. The van der Waals surface area contributed by atoms with Crippen LogP contribution in [0.5, 0.6) is 17.2 Å². The Bertz CT molecular complexity index is 834. The smallest absolute Gasteiger partial charge is 0.244 e. The van der Waals surface area contributed by atoms with Crippen LogP contribution in [0.2, 0.25) is 0 Å². The van der Waals surface area contributed by atoms with Crippen molar-refractivity contribution in [3.63, 3.8) is 0 Å². The summed E-state index contributed by atoms with van der Waals surface area (Å²) in [5.41, 5.74) is 0.333. The summed E-state index contributed by atoms with van der Waals surface area (Å²) in [5, 5.41) is 20.7. The summed E-state index contributed by atoms with van der Waals surface area (Å²) in [6.07, 6.45) is 0. The maximum atomic E-state index is 13.0. The van der Waals surface area contributed by atoms with Gasteiger partial charge in [-0.05, 0) is 17.7 Å². The molecule has 2 heterocycles. The van der Waals surface area contributed by atoms with Crippen molar-refractivity contribution in [2.75, 3.05) is 31.8 Å². The van der Waals surface area contributed by atoms with E-state index in [0.717, 1.165) is 0 Å². The minimum absolute atomic E-state index is 0.105. The zero-order valence-electron chi connectivity index (χ0n) is 13.2. The Balaban J connectivity index is 1.98. The molecule has 1 amide bonds. The molecule has 24 heavy (non-hydrogen) atoms. The second-order valence-corrected chi connectivity index (χ2v) is 5.96. The summed E-state index contributed by atoms with van der Waals surface area (Å²) in [6, 6.07) is 10.3. The van der Waals surface area contributed by atoms with Gasteiger partial charge in [0.2, 0.25) is 5.91 Å². The van der Waals surface area contributed by atoms with Crippen molar-refractivity contribution in [1.29, 1.82) is 0 Å². The molecule has 0 bridgehead atoms. The normalized spacial score (nSPS) is 21.8. The molecule has 0 saturated heterocycles. The van der Waals surface area contributed by atoms with Crippen molar-refractivity contribution >= 4 is 11.6 Å². The number of benzene rings is 2. The number of anilines is 1. The SMILES string of the molecule is CN1C(=O)[C@](CO)(c2cc3c(cc2O)OCCO3)c2ccccc21. The number of para-hydroxylation sites is 1. The van der Waals surface area contributed by atoms with E-state index in [9.17, 15) is 15.0 Å². The predicted molar refractivity (Wildman–Crippen MR) is 86.8 cm³/mol. The average Bonchev–Trinajstić information content (AvgIpc) is 2.83. The zero-order chi connectivity index (χ0) is 16.9. The zero-order valence-corrected chi connectivity index (χ0v) is 13.2. The molecule has 0 aromatic heterocycles. The summed E-state index contributed by atoms with van der Waals surface area (Å²) in [4.78, 5) is 14.5. The Hall–Kier alpha value is -2.73. The molecule has 0 fully saturated rings. The van der Waals surface area contributed by atoms with Crippen molar-refractivity contribution in [2.45, 2.75) is 5.41 Å². The fraction of sp³-hybridized carbons (Fsp3) is 0.278. The van der Waals surface area contributed by atoms with Crippen LogP contribution in [0.4, 0.5) is 5.69 Å². The summed E-state index contributed by atoms with van der Waals surface area (Å²) in [5.74, 6) is 0.495. The van der Waals surface area contributed by atoms with Crippen LogP contribution in [0.1, 0.15) is 11.1 Å². The van der Waals surface area contributed by atoms with E-state index in [4.69, 9.17) is 9.47 Å². The predicted octanol–water partition coefficient (Wildman–Crippen LogP) is 1.42. The van der Waals surface area contributed by atoms with Crippen molar-refractivity contribution < 1.29 is 24.5 Å². The monoisotopic (exact) mass is 327 g/mol. The molecule has 2 N–H and O–H groups in total. The molecular formula is C18H17NO5. The molecule has 2 aliphatic heterocycles. The summed E-state index contributed by atoms with van der Waals surface area (Å²) in [7, 11) is 1.66. The first-order chi connectivity index (χ1) is 11.6. The Morgan fingerprint density at radius 1 is 1.12 bits per heavy atom. The molecule has 1 atom stereocenters. The van der Waals surface area contributed by atoms with Crippen LogP contribution in [0.3, 0.4) is 0 Å². The van der Waals surface area contributed by atoms with Crippen molar-refractivity contribution in [1.82, 2.24) is 0 Å². The van der Waals surface area contributed by atoms with Gasteiger partial charge in [-0.1, -0.05) is 18.2 Å². The first-order valence-corrected chi connectivity index (χ1v) is 7.71. The van der Waals surface area contributed by atoms with Crippen LogP contribution in [-0.2, 0) is 10.2 Å². The number of aromatic hydroxyl groups is 1. The van der Waals surface area contributed by atoms with E-state index in [1.54, 1.807) is 19.2 Å². The van der Waals surface area contributed by atoms with Crippen LogP contribution < -0.4 is 14.4 Å². The molecule has 0 saturated carbocycles. The number of nitrogens with zero attached hydrogens (tertiary/aromatic N) is 1. The fourth-order valence-electron chi connectivity index (χ4n) is 3.56. The first-order valence-electron chi connectivity index (χ1n) is 7.71. The van der Waals surface area contributed by atoms with Crippen molar-refractivity contribution in [2.24, 2.45) is 0 Å². The molecule has 2 aromatic rings. The summed E-state index contributed by atoms with van der Waals surface area (Å²) < 4.78 is 11.0. The highest BCUT2D eigenvalue weighted by Gasteiger charge is 2.52. The number of fused-ring (bicyclic) bond motifs is 2. The Kier molecular flexibility index (Phi) is 3.18. The second kappa shape index (κ2) is 5.14. The molecule has 0 aliphatic carbocycles. The summed E-state index contributed by atoms with van der Waals surface area (Å²) in [6.45, 7) is 0.343. The number of carbonyl (C=O) groups excluding carboxylic acids is 1. The first kappa shape index (κ1) is 14.8. The van der Waals surface area contributed by atoms with Gasteiger partial charge in [-0.25, -0.2) is 0 Å². The van der Waals surface area contributed by atoms with E-state index in [1.807, 2.05) is 18.2 Å². The highest BCUT2D eigenvalue weighted by Crippen LogP contribution is 2.50. The lowest BCUT2D eigenvalue weighted by molar-refractivity contribution is -0.122. The maximum Gasteiger partial charge on any atom is 0.244 e. The van der Waals surface area contributed by atoms with Crippen LogP contribution in [0.15, 0.2) is 36.4 Å². The van der Waals surface area contributed by atoms with E-state index in [2.05, 4.69) is 0 Å². The third kappa shape index (κ3) is 1.77. The van der Waals surface area contributed by atoms with E-state index >= 15 is 0 Å². The Morgan fingerprint density at radius 3 is 2.50 bits per heavy atom. The lowest BCUT2D eigenvalue weighted by Gasteiger charge is -2.29. The van der Waals surface area contributed by atoms with E-state index < -0.39 is 12.0 Å². The number of amides is 1. The number of ether oxygens (including phenoxy) is 2. The number of likely N-dealkylation sites (N-methyl/N-ethyl adjacent to an activating group) is 1. The number of phenols is 1. The van der Waals surface area contributed by atoms with Gasteiger partial charge in [0.05, 0.1) is 6.61 Å². The fourth-order valence-corrected chi connectivity index (χ4v) is 3.56. The molecule has 124 valence electrons. The highest BCUT2D eigenvalue weighted by molar-refractivity contribution is 6.10. The van der Waals surface area contributed by atoms with Gasteiger partial charge in [-0.15, -0.1) is 0 Å². The number of aliphatic hydroxyl groups is 1. The van der Waals surface area contributed by atoms with Gasteiger partial charge in [0.15, 0.2) is 11.5 Å². The van der Waals surface area contributed by atoms with Gasteiger partial charge in [0, 0.05) is 24.4 Å². The number of rotatable bonds is 2. The molecule has 6 heteroatoms. The topological polar surface area (TPSA) is 79.2 Å². The number of hydrogen-bond donors (Lipinski definition) is 2. The van der Waals surface area contributed by atoms with E-state index in [1.165, 1.54) is 11.0 Å². The lowest BCUT2D eigenvalue weighted by Crippen LogP contribution is -2.42. The van der Waals surface area contributed by atoms with Crippen LogP contribution in [0, 0.1) is 0 Å². The second-order valence-electron chi connectivity index (χ2n) is 5.96. The van der Waals surface area contributed by atoms with Crippen molar-refractivity contribution in [3.8, 4) is 17.2 Å². The lowest BCUT2D eigenvalue weighted by atomic mass is 9.75. The standard InChI is InChI=1S/C18H17NO5/c1-19-13-5-3-2-4-11(13)18(10-20,17(19)22)12-8-15-16(9-14(12)21)24-7-6-23-15/h2-5,8-9,20-21H,6-7,10H2,1H3/t18-/m0/s1. The van der Waals surface area contributed by atoms with E-state index in [-0.39, 0.29) is 11.7 Å². The molecule has 0 radical (unpaired) electrons. The quantitative estimate of drug-likeness (QED) is 0.872. The number of aliphatic hydroxyl groups excluding tert-OH is 1. The number of phenolic OH excluding ortho intramolecular Hbond substituents is 1. The Morgan fingerprint density at radius 2 is 1.79 bits per heavy atom. The number of carbonyl (C=O) groups is 1. The molecule has 0 spiro atoms. The van der Waals surface area contributed by atoms with Crippen LogP contribution in [0.25, 0.3) is 0 Å². The average molecular weight is 327 g/mol. The number of hydrogen-bond acceptors (Lipinski definition) is 5. The molecule has 6 nitrogen and oxygen atoms in total. The highest BCUT2D eigenvalue weighted by atomic mass is 16.6. The van der Waals surface area contributed by atoms with Gasteiger partial charge in [0.1, 0.15) is 24.4 Å². The Labute approximate surface area is 138 Å². The van der Waals surface area contributed by atoms with Gasteiger partial charge in [-0.3, -0.25) is 4.79 Å². The third-order valence-corrected chi connectivity index (χ3v) is 4.75. The van der Waals surface area contributed by atoms with E-state index in [0.29, 0.717) is 41.5 Å². The molecule has 2 aliphatic rings. The maximum absolute atomic E-state index is 13.0. The third-order valence-electron chi connectivity index (χ3n) is 4.75. The minimum atomic E-state index is -1.36. The van der Waals surface area contributed by atoms with Gasteiger partial charge < -0.3 is 24.6 Å². The minimum Gasteiger partial charge on any atom is -0.507 e. The van der Waals surface area contributed by atoms with Gasteiger partial charge >= 0.3 is 0 Å². The largest absolute Gasteiger partial charge is 0.507 e. The van der Waals surface area contributed by atoms with Crippen LogP contribution in [-0.4, -0.2) is 43.0 Å². The van der Waals surface area contributed by atoms with Gasteiger partial charge in [0.25, 0.3) is 0 Å².